The predicted octanol–water partition coefficient (Wildman–Crippen LogP) is 5.23. The fraction of sp³-hybridized carbons (Fsp3) is 0.400. The number of amides is 3. The molecule has 10 nitrogen and oxygen atoms in total. The number of pyridine rings is 1. The van der Waals surface area contributed by atoms with E-state index in [0.717, 1.165) is 36.0 Å². The third-order valence-electron chi connectivity index (χ3n) is 8.38. The van der Waals surface area contributed by atoms with Gasteiger partial charge < -0.3 is 15.7 Å². The molecule has 238 valence electrons. The van der Waals surface area contributed by atoms with Crippen molar-refractivity contribution in [1.82, 2.24) is 20.7 Å². The maximum absolute atomic E-state index is 13.4. The zero-order chi connectivity index (χ0) is 32.2. The Kier molecular flexibility index (Phi) is 11.8. The number of carbonyl (C=O) groups is 4. The molecular weight excluding hydrogens is 572 g/mol. The van der Waals surface area contributed by atoms with Crippen molar-refractivity contribution in [3.8, 4) is 11.3 Å². The number of carbonyl (C=O) groups excluding carboxylic acids is 3. The van der Waals surface area contributed by atoms with Gasteiger partial charge in [0.25, 0.3) is 5.91 Å². The zero-order valence-corrected chi connectivity index (χ0v) is 25.9. The second-order valence-corrected chi connectivity index (χ2v) is 11.4. The van der Waals surface area contributed by atoms with Gasteiger partial charge in [-0.1, -0.05) is 93.8 Å². The summed E-state index contributed by atoms with van der Waals surface area (Å²) in [7, 11) is 0. The lowest BCUT2D eigenvalue weighted by molar-refractivity contribution is -0.200. The molecule has 1 saturated carbocycles. The van der Waals surface area contributed by atoms with Crippen molar-refractivity contribution in [3.05, 3.63) is 89.6 Å². The van der Waals surface area contributed by atoms with Gasteiger partial charge in [-0.15, -0.1) is 0 Å². The first-order chi connectivity index (χ1) is 21.8. The summed E-state index contributed by atoms with van der Waals surface area (Å²) in [5.74, 6) is -2.06. The van der Waals surface area contributed by atoms with Crippen molar-refractivity contribution in [2.75, 3.05) is 6.67 Å². The van der Waals surface area contributed by atoms with Crippen LogP contribution in [0.2, 0.25) is 0 Å². The minimum atomic E-state index is -0.811. The minimum absolute atomic E-state index is 0.109. The maximum atomic E-state index is 13.4. The zero-order valence-electron chi connectivity index (χ0n) is 25.9. The van der Waals surface area contributed by atoms with E-state index in [9.17, 15) is 24.3 Å². The number of hydrogen-bond donors (Lipinski definition) is 3. The van der Waals surface area contributed by atoms with Crippen LogP contribution in [0, 0.1) is 5.92 Å². The van der Waals surface area contributed by atoms with Crippen molar-refractivity contribution in [1.29, 1.82) is 0 Å². The lowest BCUT2D eigenvalue weighted by atomic mass is 9.90. The number of unbranched alkanes of at least 4 members (excludes halogenated alkanes) is 2. The first-order valence-electron chi connectivity index (χ1n) is 15.6. The summed E-state index contributed by atoms with van der Waals surface area (Å²) in [5, 5.41) is 16.3. The lowest BCUT2D eigenvalue weighted by Crippen LogP contribution is -2.48. The van der Waals surface area contributed by atoms with Crippen LogP contribution in [0.4, 0.5) is 0 Å². The first-order valence-corrected chi connectivity index (χ1v) is 15.6. The highest BCUT2D eigenvalue weighted by molar-refractivity contribution is 5.93. The van der Waals surface area contributed by atoms with E-state index in [1.807, 2.05) is 49.4 Å². The molecule has 2 atom stereocenters. The molecule has 2 aromatic carbocycles. The van der Waals surface area contributed by atoms with Gasteiger partial charge in [0, 0.05) is 5.56 Å². The number of carboxylic acids is 1. The molecule has 0 bridgehead atoms. The second kappa shape index (κ2) is 15.9. The second-order valence-electron chi connectivity index (χ2n) is 11.4. The van der Waals surface area contributed by atoms with E-state index in [4.69, 9.17) is 4.84 Å². The highest BCUT2D eigenvalue weighted by Crippen LogP contribution is 2.48. The minimum Gasteiger partial charge on any atom is -0.481 e. The average Bonchev–Trinajstić information content (AvgIpc) is 3.89. The highest BCUT2D eigenvalue weighted by atomic mass is 16.7. The van der Waals surface area contributed by atoms with Crippen molar-refractivity contribution in [3.63, 3.8) is 0 Å². The number of aromatic nitrogens is 1. The van der Waals surface area contributed by atoms with E-state index in [-0.39, 0.29) is 24.9 Å². The molecule has 1 aliphatic rings. The van der Waals surface area contributed by atoms with E-state index >= 15 is 0 Å². The van der Waals surface area contributed by atoms with Crippen molar-refractivity contribution in [2.24, 2.45) is 5.92 Å². The van der Waals surface area contributed by atoms with Gasteiger partial charge in [0.1, 0.15) is 12.3 Å². The van der Waals surface area contributed by atoms with Gasteiger partial charge in [0.2, 0.25) is 12.3 Å². The Balaban J connectivity index is 1.36. The number of aliphatic carboxylic acids is 1. The van der Waals surface area contributed by atoms with Gasteiger partial charge >= 0.3 is 5.97 Å². The maximum Gasteiger partial charge on any atom is 0.314 e. The summed E-state index contributed by atoms with van der Waals surface area (Å²) in [4.78, 5) is 60.4. The lowest BCUT2D eigenvalue weighted by Gasteiger charge is -2.32. The van der Waals surface area contributed by atoms with Gasteiger partial charge in [-0.05, 0) is 48.9 Å². The van der Waals surface area contributed by atoms with Gasteiger partial charge in [-0.25, -0.2) is 10.0 Å². The quantitative estimate of drug-likeness (QED) is 0.0772. The third kappa shape index (κ3) is 8.54. The van der Waals surface area contributed by atoms with E-state index in [0.29, 0.717) is 37.8 Å². The fourth-order valence-corrected chi connectivity index (χ4v) is 5.55. The molecule has 1 fully saturated rings. The van der Waals surface area contributed by atoms with Crippen LogP contribution in [0.3, 0.4) is 0 Å². The van der Waals surface area contributed by atoms with Crippen LogP contribution >= 0.6 is 0 Å². The molecule has 0 unspecified atom stereocenters. The fourth-order valence-electron chi connectivity index (χ4n) is 5.55. The topological polar surface area (TPSA) is 138 Å². The molecule has 1 aliphatic carbocycles. The number of nitrogens with one attached hydrogen (secondary N) is 2. The predicted molar refractivity (Wildman–Crippen MR) is 170 cm³/mol. The molecule has 4 rings (SSSR count). The number of nitrogens with zero attached hydrogens (tertiary/aromatic N) is 2. The third-order valence-corrected chi connectivity index (χ3v) is 8.38. The summed E-state index contributed by atoms with van der Waals surface area (Å²) in [6, 6.07) is 21.4. The number of carboxylic acid groups (broad SMARTS) is 1. The van der Waals surface area contributed by atoms with E-state index in [1.165, 1.54) is 5.06 Å². The van der Waals surface area contributed by atoms with Gasteiger partial charge in [-0.2, -0.15) is 0 Å². The molecule has 10 heteroatoms. The molecule has 3 N–H and O–H groups in total. The summed E-state index contributed by atoms with van der Waals surface area (Å²) in [6.07, 6.45) is 5.72. The summed E-state index contributed by atoms with van der Waals surface area (Å²) < 4.78 is 0. The Hall–Kier alpha value is -4.57. The van der Waals surface area contributed by atoms with Crippen molar-refractivity contribution >= 4 is 24.2 Å². The van der Waals surface area contributed by atoms with Crippen molar-refractivity contribution < 1.29 is 29.1 Å². The molecule has 45 heavy (non-hydrogen) atoms. The number of rotatable bonds is 18. The molecule has 1 aromatic heterocycles. The Morgan fingerprint density at radius 3 is 2.33 bits per heavy atom. The van der Waals surface area contributed by atoms with Crippen LogP contribution in [-0.4, -0.2) is 52.1 Å². The van der Waals surface area contributed by atoms with Gasteiger partial charge in [-0.3, -0.25) is 24.0 Å². The molecule has 3 amide bonds. The van der Waals surface area contributed by atoms with Gasteiger partial charge in [0.15, 0.2) is 0 Å². The van der Waals surface area contributed by atoms with Crippen LogP contribution in [0.1, 0.15) is 80.4 Å². The van der Waals surface area contributed by atoms with Crippen LogP contribution in [0.15, 0.2) is 72.8 Å². The Morgan fingerprint density at radius 1 is 0.978 bits per heavy atom. The molecule has 1 heterocycles. The molecule has 0 saturated heterocycles. The molecule has 3 aromatic rings. The summed E-state index contributed by atoms with van der Waals surface area (Å²) in [6.45, 7) is 4.09. The number of hydroxylamine groups is 2. The van der Waals surface area contributed by atoms with Crippen LogP contribution in [0.5, 0.6) is 0 Å². The Morgan fingerprint density at radius 2 is 1.71 bits per heavy atom. The Labute approximate surface area is 264 Å². The molecule has 0 spiro atoms. The van der Waals surface area contributed by atoms with Crippen LogP contribution in [-0.2, 0) is 31.2 Å². The molecule has 0 radical (unpaired) electrons. The molecular formula is C35H42N4O6. The Bertz CT molecular complexity index is 1440. The van der Waals surface area contributed by atoms with Crippen molar-refractivity contribution in [2.45, 2.75) is 76.9 Å². The molecule has 0 aliphatic heterocycles. The summed E-state index contributed by atoms with van der Waals surface area (Å²) >= 11 is 0. The van der Waals surface area contributed by atoms with E-state index in [1.54, 1.807) is 30.3 Å². The highest BCUT2D eigenvalue weighted by Gasteiger charge is 2.51. The van der Waals surface area contributed by atoms with Gasteiger partial charge in [0.05, 0.1) is 29.7 Å². The largest absolute Gasteiger partial charge is 0.481 e. The standard InChI is InChI=1S/C35H42N4O6/c1-3-5-7-13-28(31(4-2)39(24-40)45-22-25-11-8-6-9-12-25)32(41)36-23-37-33(42)30-15-10-14-29(38-30)26-16-18-27(19-17-26)35(20-21-35)34(43)44/h6,8-12,14-19,24,28,31H,3-5,7,13,20-23H2,1-2H3,(H,36,41)(H,37,42)(H,43,44)/t28-,31-/m1/s1. The monoisotopic (exact) mass is 614 g/mol. The smallest absolute Gasteiger partial charge is 0.314 e. The SMILES string of the molecule is CCCCC[C@@H](C(=O)NCNC(=O)c1cccc(-c2ccc(C3(C(=O)O)CC3)cc2)n1)[C@@H](CC)N(C=O)OCc1ccccc1. The summed E-state index contributed by atoms with van der Waals surface area (Å²) in [5.41, 5.74) is 2.41. The van der Waals surface area contributed by atoms with E-state index in [2.05, 4.69) is 22.5 Å². The normalized spacial score (nSPS) is 14.5. The average molecular weight is 615 g/mol. The first kappa shape index (κ1) is 33.3. The van der Waals surface area contributed by atoms with E-state index < -0.39 is 29.3 Å². The van der Waals surface area contributed by atoms with Crippen LogP contribution < -0.4 is 10.6 Å². The number of hydrogen-bond acceptors (Lipinski definition) is 6. The van der Waals surface area contributed by atoms with Crippen LogP contribution in [0.25, 0.3) is 11.3 Å². The number of benzene rings is 2.